The van der Waals surface area contributed by atoms with Crippen LogP contribution < -0.4 is 85.5 Å². The summed E-state index contributed by atoms with van der Waals surface area (Å²) in [5, 5.41) is 77.1. The summed E-state index contributed by atoms with van der Waals surface area (Å²) in [6, 6.07) is 3.84. The van der Waals surface area contributed by atoms with Gasteiger partial charge in [0.25, 0.3) is 0 Å². The monoisotopic (exact) mass is 2070 g/mol. The SMILES string of the molecule is CC(=O)N1CCC[C@]12C/C=C/CCC[C@]1(CCC/C=C\CCCOC(=O)N3CC[C@@]4(C3)NC(=O)[C@H](CCCCNC(=O)CC[C@@H](C(=O)N[C@@H](C)C(N)=O)NC(=O)[C@H](Cc3csc5ccccc35)NC(=O)[C@H](Cc3ccsc3)NC4=O)NC(=O)[C@H](Cc3ccccc3)NC(=O)[C@H](C)NC(=O)C(C)(C)NC(=O)[C@H](Cc3cccc(C(=O)O)c3)NC(=O)[C@H](CC(=O)O)NC1=O)NC(=O)[C@H](CC(C)(C)C)NC(=O)[C@H](CC(=O)O)NC2=O. The van der Waals surface area contributed by atoms with Gasteiger partial charge in [-0.05, 0) is 210 Å². The number of nitrogens with one attached hydrogen (secondary N) is 15. The molecule has 0 aliphatic carbocycles. The van der Waals surface area contributed by atoms with Crippen LogP contribution in [0.25, 0.3) is 10.1 Å². The van der Waals surface area contributed by atoms with Crippen LogP contribution in [0.15, 0.2) is 125 Å². The summed E-state index contributed by atoms with van der Waals surface area (Å²) in [5.41, 5.74) is -2.12. The number of carboxylic acid groups (broad SMARTS) is 3. The lowest BCUT2D eigenvalue weighted by atomic mass is 9.83. The molecule has 0 radical (unpaired) electrons. The molecule has 0 unspecified atom stereocenters. The third kappa shape index (κ3) is 32.7. The van der Waals surface area contributed by atoms with Crippen molar-refractivity contribution >= 4 is 157 Å². The number of fused-ring (bicyclic) bond motifs is 4. The third-order valence-corrected chi connectivity index (χ3v) is 28.2. The molecule has 5 aliphatic heterocycles. The van der Waals surface area contributed by atoms with E-state index in [2.05, 4.69) is 79.8 Å². The molecule has 0 saturated carbocycles. The molecule has 5 aliphatic rings. The number of primary amides is 1. The summed E-state index contributed by atoms with van der Waals surface area (Å²) < 4.78 is 6.71. The Kier molecular flexibility index (Phi) is 40.9. The number of aromatic carboxylic acids is 1. The quantitative estimate of drug-likeness (QED) is 0.0595. The van der Waals surface area contributed by atoms with Crippen molar-refractivity contribution in [1.82, 2.24) is 89.6 Å². The normalized spacial score (nSPS) is 26.6. The second-order valence-corrected chi connectivity index (χ2v) is 41.4. The van der Waals surface area contributed by atoms with E-state index in [0.717, 1.165) is 9.60 Å². The first-order valence-corrected chi connectivity index (χ1v) is 51.1. The molecule has 20 N–H and O–H groups in total. The lowest BCUT2D eigenvalue weighted by Gasteiger charge is -2.38. The molecular weight excluding hydrogens is 1940 g/mol. The largest absolute Gasteiger partial charge is 0.481 e. The molecular formula is C102H134N18O25S2. The number of allylic oxidation sites excluding steroid dienone is 3. The number of carboxylic acids is 3. The highest BCUT2D eigenvalue weighted by atomic mass is 32.1. The first-order valence-electron chi connectivity index (χ1n) is 49.3. The van der Waals surface area contributed by atoms with Crippen LogP contribution in [-0.4, -0.2) is 271 Å². The van der Waals surface area contributed by atoms with Gasteiger partial charge in [-0.15, -0.1) is 11.3 Å². The molecule has 43 nitrogen and oxygen atoms in total. The van der Waals surface area contributed by atoms with E-state index in [1.54, 1.807) is 104 Å². The predicted molar refractivity (Wildman–Crippen MR) is 538 cm³/mol. The molecule has 3 spiro atoms. The molecule has 3 fully saturated rings. The van der Waals surface area contributed by atoms with Crippen LogP contribution in [0.5, 0.6) is 0 Å². The average Bonchev–Trinajstić information content (AvgIpc) is 1.63. The zero-order valence-corrected chi connectivity index (χ0v) is 85.2. The van der Waals surface area contributed by atoms with Gasteiger partial charge in [-0.1, -0.05) is 106 Å². The molecule has 3 aromatic carbocycles. The number of nitrogens with zero attached hydrogens (tertiary/aromatic N) is 2. The predicted octanol–water partition coefficient (Wildman–Crippen LogP) is 2.73. The number of aliphatic carboxylic acids is 2. The number of benzene rings is 3. The Morgan fingerprint density at radius 1 is 0.531 bits per heavy atom. The summed E-state index contributed by atoms with van der Waals surface area (Å²) in [4.78, 5) is 309. The second-order valence-electron chi connectivity index (χ2n) is 39.7. The number of carbonyl (C=O) groups is 21. The van der Waals surface area contributed by atoms with Crippen LogP contribution in [0.3, 0.4) is 0 Å². The summed E-state index contributed by atoms with van der Waals surface area (Å²) in [6.45, 7) is 10.2. The summed E-state index contributed by atoms with van der Waals surface area (Å²) in [6.07, 6.45) is 0.811. The van der Waals surface area contributed by atoms with Gasteiger partial charge in [0.05, 0.1) is 31.6 Å². The molecule has 18 amide bonds. The molecule has 147 heavy (non-hydrogen) atoms. The van der Waals surface area contributed by atoms with E-state index in [1.165, 1.54) is 86.5 Å². The topological polar surface area (TPSA) is 641 Å². The third-order valence-electron chi connectivity index (χ3n) is 26.5. The zero-order chi connectivity index (χ0) is 107. The zero-order valence-electron chi connectivity index (χ0n) is 83.6. The van der Waals surface area contributed by atoms with Crippen molar-refractivity contribution in [2.24, 2.45) is 11.1 Å². The summed E-state index contributed by atoms with van der Waals surface area (Å²) >= 11 is 2.61. The van der Waals surface area contributed by atoms with E-state index in [9.17, 15) is 72.9 Å². The molecule has 3 saturated heterocycles. The molecule has 14 atom stereocenters. The van der Waals surface area contributed by atoms with Gasteiger partial charge < -0.3 is 115 Å². The smallest absolute Gasteiger partial charge is 0.409 e. The van der Waals surface area contributed by atoms with Crippen LogP contribution in [0.4, 0.5) is 4.79 Å². The lowest BCUT2D eigenvalue weighted by Crippen LogP contribution is -2.66. The van der Waals surface area contributed by atoms with Gasteiger partial charge >= 0.3 is 24.0 Å². The van der Waals surface area contributed by atoms with Crippen LogP contribution >= 0.6 is 22.7 Å². The maximum absolute atomic E-state index is 16.1. The number of hydrogen-bond donors (Lipinski definition) is 19. The maximum Gasteiger partial charge on any atom is 0.409 e. The summed E-state index contributed by atoms with van der Waals surface area (Å²) in [5.74, 6) is -21.3. The fourth-order valence-corrected chi connectivity index (χ4v) is 20.0. The van der Waals surface area contributed by atoms with E-state index in [1.807, 2.05) is 18.2 Å². The Balaban J connectivity index is 1.05. The van der Waals surface area contributed by atoms with Crippen molar-refractivity contribution in [2.75, 3.05) is 32.8 Å². The molecule has 3 bridgehead atoms. The average molecular weight is 2080 g/mol. The van der Waals surface area contributed by atoms with Crippen molar-refractivity contribution in [2.45, 2.75) is 298 Å². The molecule has 45 heteroatoms. The number of amides is 18. The maximum atomic E-state index is 16.1. The fourth-order valence-electron chi connectivity index (χ4n) is 18.3. The number of ether oxygens (including phenoxy) is 1. The van der Waals surface area contributed by atoms with E-state index in [4.69, 9.17) is 10.5 Å². The van der Waals surface area contributed by atoms with Crippen molar-refractivity contribution in [3.05, 3.63) is 153 Å². The van der Waals surface area contributed by atoms with Gasteiger partial charge in [0.1, 0.15) is 88.6 Å². The van der Waals surface area contributed by atoms with Crippen molar-refractivity contribution in [3.63, 3.8) is 0 Å². The number of nitrogens with two attached hydrogens (primary N) is 1. The lowest BCUT2D eigenvalue weighted by molar-refractivity contribution is -0.146. The minimum absolute atomic E-state index is 0.00271. The summed E-state index contributed by atoms with van der Waals surface area (Å²) in [7, 11) is 0. The van der Waals surface area contributed by atoms with Gasteiger partial charge in [-0.3, -0.25) is 91.1 Å². The van der Waals surface area contributed by atoms with Crippen LogP contribution in [0.2, 0.25) is 0 Å². The Morgan fingerprint density at radius 2 is 1.10 bits per heavy atom. The first-order chi connectivity index (χ1) is 69.7. The minimum Gasteiger partial charge on any atom is -0.481 e. The molecule has 5 aromatic rings. The van der Waals surface area contributed by atoms with Crippen molar-refractivity contribution in [3.8, 4) is 0 Å². The van der Waals surface area contributed by atoms with E-state index >= 15 is 43.2 Å². The van der Waals surface area contributed by atoms with Crippen LogP contribution in [0.1, 0.15) is 216 Å². The molecule has 794 valence electrons. The van der Waals surface area contributed by atoms with Crippen molar-refractivity contribution < 1.29 is 121 Å². The number of thiophene rings is 2. The van der Waals surface area contributed by atoms with E-state index in [-0.39, 0.29) is 159 Å². The van der Waals surface area contributed by atoms with E-state index < -0.39 is 251 Å². The standard InChI is InChI=1S/C102H134N18O25S2/c1-59(81(103)127)105-83(129)69-35-36-78(122)104-43-24-20-33-68-89(135)118-101(95(142)113-71(51-64-37-47-146-56-64)85(131)111-73(86(132)108-69)52-66-57-147-77-34-19-18-32-67(66)77)42-45-119(58-101)97(144)145-46-25-14-10-9-11-21-38-100(39-22-12-13-23-40-102(41-27-44-120(102)61(3)121)96(143)115-75(54-80(125)126)88(134)112-76(91(137)117-100)55-98(4,5)6)94(141)114-74(53-79(123)124)87(133)110-72(50-63-30-26-31-65(48-63)92(138)139)90(136)116-99(7,8)93(140)106-60(2)82(128)109-70(84(130)107-68)49-62-28-16-15-17-29-62/h9-10,13,15-19,23,26,28-32,34,37,47-48,56-57,59-60,68-76H,11-12,14,20-22,24-25,27,33,35-36,38-46,49-55,58H2,1-8H3,(H2,103,127)(H,104,122)(H,105,129)(H,106,140)(H,107,130)(H,108,132)(H,109,128)(H,110,133)(H,111,131)(H,112,134)(H,113,142)(H,114,141)(H,115,143)(H,116,136)(H,117,137)(H,118,135)(H,123,124)(H,125,126)(H,138,139)/b10-9-,23-13+/t59-,60-,68-,69-,70-,71-,72-,73-,74-,75-,76-,100-,101-,102-/m0/s1. The highest BCUT2D eigenvalue weighted by Gasteiger charge is 2.53. The van der Waals surface area contributed by atoms with Gasteiger partial charge in [0.2, 0.25) is 100 Å². The molecule has 7 heterocycles. The Morgan fingerprint density at radius 3 is 1.75 bits per heavy atom. The van der Waals surface area contributed by atoms with Gasteiger partial charge in [0.15, 0.2) is 0 Å². The number of cyclic esters (lactones) is 1. The minimum atomic E-state index is -2.23. The number of hydrogen-bond acceptors (Lipinski definition) is 24. The van der Waals surface area contributed by atoms with Gasteiger partial charge in [0, 0.05) is 63.4 Å². The fraction of sp³-hybridized carbons (Fsp3) is 0.520. The number of rotatable bonds is 17. The van der Waals surface area contributed by atoms with Crippen LogP contribution in [0, 0.1) is 5.41 Å². The van der Waals surface area contributed by atoms with Crippen LogP contribution in [-0.2, 0) is 122 Å². The van der Waals surface area contributed by atoms with Crippen molar-refractivity contribution in [1.29, 1.82) is 0 Å². The Labute approximate surface area is 858 Å². The second kappa shape index (κ2) is 52.5. The molecule has 10 rings (SSSR count). The van der Waals surface area contributed by atoms with E-state index in [0.29, 0.717) is 28.5 Å². The van der Waals surface area contributed by atoms with Gasteiger partial charge in [-0.25, -0.2) is 9.59 Å². The highest BCUT2D eigenvalue weighted by molar-refractivity contribution is 7.17. The molecule has 2 aromatic heterocycles. The number of carbonyl (C=O) groups excluding carboxylic acids is 18. The Bertz CT molecular complexity index is 5750. The van der Waals surface area contributed by atoms with Gasteiger partial charge in [-0.2, -0.15) is 11.3 Å². The number of likely N-dealkylation sites (tertiary alicyclic amines) is 1. The first kappa shape index (κ1) is 114. The highest BCUT2D eigenvalue weighted by Crippen LogP contribution is 2.36. The Hall–Kier alpha value is -14.5.